The lowest BCUT2D eigenvalue weighted by Gasteiger charge is -2.21. The van der Waals surface area contributed by atoms with E-state index >= 15 is 0 Å². The van der Waals surface area contributed by atoms with Crippen molar-refractivity contribution in [2.45, 2.75) is 11.0 Å². The molecule has 1 heterocycles. The van der Waals surface area contributed by atoms with Crippen LogP contribution in [0.3, 0.4) is 0 Å². The Morgan fingerprint density at radius 2 is 2.25 bits per heavy atom. The van der Waals surface area contributed by atoms with E-state index in [2.05, 4.69) is 36.8 Å². The van der Waals surface area contributed by atoms with E-state index in [1.807, 2.05) is 6.07 Å². The third-order valence-electron chi connectivity index (χ3n) is 1.83. The largest absolute Gasteiger partial charge is 0.460 e. The van der Waals surface area contributed by atoms with E-state index in [-0.39, 0.29) is 6.61 Å². The summed E-state index contributed by atoms with van der Waals surface area (Å²) in [6, 6.07) is 5.39. The van der Waals surface area contributed by atoms with Crippen LogP contribution in [0, 0.1) is 0 Å². The first kappa shape index (κ1) is 13.1. The Balaban J connectivity index is 2.66. The van der Waals surface area contributed by atoms with Gasteiger partial charge in [-0.2, -0.15) is 25.3 Å². The second-order valence-corrected chi connectivity index (χ2v) is 5.27. The number of esters is 1. The van der Waals surface area contributed by atoms with Crippen molar-refractivity contribution in [1.29, 1.82) is 0 Å². The molecule has 1 rings (SSSR count). The number of hydrogen-bond acceptors (Lipinski definition) is 5. The van der Waals surface area contributed by atoms with Gasteiger partial charge in [-0.25, -0.2) is 4.79 Å². The lowest BCUT2D eigenvalue weighted by molar-refractivity contribution is -0.139. The van der Waals surface area contributed by atoms with Gasteiger partial charge in [-0.3, -0.25) is 4.98 Å². The van der Waals surface area contributed by atoms with Crippen LogP contribution in [-0.2, 0) is 13.6 Å². The zero-order valence-corrected chi connectivity index (χ0v) is 10.7. The fourth-order valence-corrected chi connectivity index (χ4v) is 1.36. The van der Waals surface area contributed by atoms with Gasteiger partial charge in [0.15, 0.2) is 0 Å². The van der Waals surface area contributed by atoms with Gasteiger partial charge in [-0.15, -0.1) is 0 Å². The van der Waals surface area contributed by atoms with Gasteiger partial charge >= 0.3 is 5.97 Å². The number of carbonyl (C=O) groups is 1. The first-order valence-electron chi connectivity index (χ1n) is 4.62. The van der Waals surface area contributed by atoms with Crippen molar-refractivity contribution >= 4 is 31.2 Å². The Morgan fingerprint density at radius 3 is 2.75 bits per heavy atom. The maximum absolute atomic E-state index is 11.2. The molecule has 0 fully saturated rings. The Labute approximate surface area is 106 Å². The second-order valence-electron chi connectivity index (χ2n) is 3.39. The molecule has 86 valence electrons. The van der Waals surface area contributed by atoms with Crippen LogP contribution in [0.2, 0.25) is 0 Å². The van der Waals surface area contributed by atoms with E-state index in [0.29, 0.717) is 11.3 Å². The Kier molecular flexibility index (Phi) is 4.44. The van der Waals surface area contributed by atoms with Crippen LogP contribution in [-0.4, -0.2) is 17.6 Å². The lowest BCUT2D eigenvalue weighted by Crippen LogP contribution is -2.22. The van der Waals surface area contributed by atoms with Crippen LogP contribution >= 0.6 is 25.3 Å². The third-order valence-corrected chi connectivity index (χ3v) is 2.54. The van der Waals surface area contributed by atoms with Gasteiger partial charge in [-0.1, -0.05) is 12.6 Å². The first-order valence-corrected chi connectivity index (χ1v) is 5.52. The molecule has 0 aliphatic heterocycles. The molecule has 16 heavy (non-hydrogen) atoms. The molecule has 0 bridgehead atoms. The van der Waals surface area contributed by atoms with Crippen molar-refractivity contribution in [2.75, 3.05) is 6.61 Å². The van der Waals surface area contributed by atoms with Gasteiger partial charge in [0.2, 0.25) is 0 Å². The molecule has 1 aromatic rings. The summed E-state index contributed by atoms with van der Waals surface area (Å²) in [5, 5.41) is 0. The Bertz CT molecular complexity index is 390. The summed E-state index contributed by atoms with van der Waals surface area (Å²) >= 11 is 8.63. The molecule has 0 aromatic carbocycles. The summed E-state index contributed by atoms with van der Waals surface area (Å²) in [6.45, 7) is 5.10. The van der Waals surface area contributed by atoms with Crippen molar-refractivity contribution in [1.82, 2.24) is 4.98 Å². The Hall–Kier alpha value is -0.940. The van der Waals surface area contributed by atoms with Gasteiger partial charge in [0.05, 0.1) is 5.69 Å². The highest BCUT2D eigenvalue weighted by molar-refractivity contribution is 7.99. The van der Waals surface area contributed by atoms with Crippen LogP contribution < -0.4 is 0 Å². The normalized spacial score (nSPS) is 10.9. The van der Waals surface area contributed by atoms with Crippen LogP contribution in [0.4, 0.5) is 0 Å². The zero-order chi connectivity index (χ0) is 12.2. The van der Waals surface area contributed by atoms with E-state index in [9.17, 15) is 4.79 Å². The van der Waals surface area contributed by atoms with Gasteiger partial charge in [-0.05, 0) is 19.1 Å². The van der Waals surface area contributed by atoms with Crippen LogP contribution in [0.15, 0.2) is 36.5 Å². The average Bonchev–Trinajstić information content (AvgIpc) is 2.27. The van der Waals surface area contributed by atoms with E-state index in [4.69, 9.17) is 4.74 Å². The van der Waals surface area contributed by atoms with Gasteiger partial charge in [0, 0.05) is 11.8 Å². The van der Waals surface area contributed by atoms with Crippen LogP contribution in [0.25, 0.3) is 0 Å². The molecule has 3 nitrogen and oxygen atoms in total. The van der Waals surface area contributed by atoms with Crippen molar-refractivity contribution < 1.29 is 9.53 Å². The van der Waals surface area contributed by atoms with E-state index in [1.54, 1.807) is 25.3 Å². The Morgan fingerprint density at radius 1 is 1.56 bits per heavy atom. The summed E-state index contributed by atoms with van der Waals surface area (Å²) in [5.41, 5.74) is 0.981. The molecular formula is C11H13NO2S2. The highest BCUT2D eigenvalue weighted by Gasteiger charge is 2.26. The number of carbonyl (C=O) groups excluding carboxylic acids is 1. The highest BCUT2D eigenvalue weighted by Crippen LogP contribution is 2.31. The minimum Gasteiger partial charge on any atom is -0.460 e. The van der Waals surface area contributed by atoms with E-state index in [1.165, 1.54) is 0 Å². The minimum atomic E-state index is -0.896. The average molecular weight is 255 g/mol. The molecule has 0 aliphatic carbocycles. The standard InChI is InChI=1S/C11H13NO2S2/c1-8(2)10(13)14-7-11(15,16)9-5-3-4-6-12-9/h3-6,15-16H,1,7H2,2H3. The van der Waals surface area contributed by atoms with Gasteiger partial charge < -0.3 is 4.74 Å². The molecule has 0 spiro atoms. The van der Waals surface area contributed by atoms with E-state index < -0.39 is 10.0 Å². The molecular weight excluding hydrogens is 242 g/mol. The molecule has 0 amide bonds. The summed E-state index contributed by atoms with van der Waals surface area (Å²) in [4.78, 5) is 15.3. The predicted molar refractivity (Wildman–Crippen MR) is 69.7 cm³/mol. The van der Waals surface area contributed by atoms with Crippen molar-refractivity contribution in [3.8, 4) is 0 Å². The summed E-state index contributed by atoms with van der Waals surface area (Å²) in [7, 11) is 0. The van der Waals surface area contributed by atoms with Crippen molar-refractivity contribution in [2.24, 2.45) is 0 Å². The number of hydrogen-bond donors (Lipinski definition) is 2. The second kappa shape index (κ2) is 5.41. The maximum Gasteiger partial charge on any atom is 0.333 e. The molecule has 0 saturated heterocycles. The zero-order valence-electron chi connectivity index (χ0n) is 8.88. The molecule has 0 atom stereocenters. The fraction of sp³-hybridized carbons (Fsp3) is 0.273. The monoisotopic (exact) mass is 255 g/mol. The number of rotatable bonds is 4. The molecule has 0 saturated carbocycles. The van der Waals surface area contributed by atoms with Crippen molar-refractivity contribution in [3.63, 3.8) is 0 Å². The minimum absolute atomic E-state index is 0.0297. The molecule has 0 unspecified atom stereocenters. The van der Waals surface area contributed by atoms with Crippen LogP contribution in [0.5, 0.6) is 0 Å². The van der Waals surface area contributed by atoms with Crippen molar-refractivity contribution in [3.05, 3.63) is 42.2 Å². The van der Waals surface area contributed by atoms with Gasteiger partial charge in [0.1, 0.15) is 10.7 Å². The highest BCUT2D eigenvalue weighted by atomic mass is 32.2. The third kappa shape index (κ3) is 3.57. The topological polar surface area (TPSA) is 39.2 Å². The number of thiol groups is 2. The quantitative estimate of drug-likeness (QED) is 0.375. The van der Waals surface area contributed by atoms with Crippen LogP contribution in [0.1, 0.15) is 12.6 Å². The number of pyridine rings is 1. The molecule has 0 radical (unpaired) electrons. The lowest BCUT2D eigenvalue weighted by atomic mass is 10.2. The predicted octanol–water partition coefficient (Wildman–Crippen LogP) is 2.21. The fourth-order valence-electron chi connectivity index (χ4n) is 0.963. The molecule has 5 heteroatoms. The molecule has 0 aliphatic rings. The molecule has 1 aromatic heterocycles. The summed E-state index contributed by atoms with van der Waals surface area (Å²) in [6.07, 6.45) is 1.64. The summed E-state index contributed by atoms with van der Waals surface area (Å²) in [5.74, 6) is -0.455. The number of nitrogens with zero attached hydrogens (tertiary/aromatic N) is 1. The first-order chi connectivity index (χ1) is 7.43. The number of aromatic nitrogens is 1. The maximum atomic E-state index is 11.2. The molecule has 0 N–H and O–H groups in total. The SMILES string of the molecule is C=C(C)C(=O)OCC(S)(S)c1ccccn1. The summed E-state index contributed by atoms with van der Waals surface area (Å²) < 4.78 is 4.09. The number of ether oxygens (including phenoxy) is 1. The van der Waals surface area contributed by atoms with Gasteiger partial charge in [0.25, 0.3) is 0 Å². The smallest absolute Gasteiger partial charge is 0.333 e. The van der Waals surface area contributed by atoms with E-state index in [0.717, 1.165) is 0 Å².